The van der Waals surface area contributed by atoms with Gasteiger partial charge in [0.25, 0.3) is 0 Å². The van der Waals surface area contributed by atoms with Crippen LogP contribution < -0.4 is 4.74 Å². The van der Waals surface area contributed by atoms with E-state index in [0.717, 1.165) is 15.3 Å². The van der Waals surface area contributed by atoms with Crippen LogP contribution in [-0.4, -0.2) is 12.9 Å². The summed E-state index contributed by atoms with van der Waals surface area (Å²) < 4.78 is 5.07. The van der Waals surface area contributed by atoms with Gasteiger partial charge in [-0.2, -0.15) is 0 Å². The first-order valence-electron chi connectivity index (χ1n) is 5.48. The minimum absolute atomic E-state index is 0.0381. The van der Waals surface area contributed by atoms with Crippen LogP contribution in [0.3, 0.4) is 0 Å². The first-order chi connectivity index (χ1) is 8.52. The van der Waals surface area contributed by atoms with Gasteiger partial charge >= 0.3 is 0 Å². The Morgan fingerprint density at radius 1 is 1.28 bits per heavy atom. The molecule has 0 saturated carbocycles. The van der Waals surface area contributed by atoms with Crippen molar-refractivity contribution >= 4 is 28.7 Å². The van der Waals surface area contributed by atoms with E-state index in [4.69, 9.17) is 16.3 Å². The Hall–Kier alpha value is -1.32. The average Bonchev–Trinajstić information content (AvgIpc) is 2.68. The van der Waals surface area contributed by atoms with Crippen molar-refractivity contribution in [3.63, 3.8) is 0 Å². The number of carbonyl (C=O) groups is 1. The lowest BCUT2D eigenvalue weighted by molar-refractivity contribution is 0.104. The quantitative estimate of drug-likeness (QED) is 0.786. The van der Waals surface area contributed by atoms with Crippen LogP contribution in [0.4, 0.5) is 0 Å². The summed E-state index contributed by atoms with van der Waals surface area (Å²) in [6, 6.07) is 7.01. The van der Waals surface area contributed by atoms with E-state index >= 15 is 0 Å². The molecule has 0 spiro atoms. The molecule has 1 heterocycles. The van der Waals surface area contributed by atoms with Gasteiger partial charge in [0, 0.05) is 10.4 Å². The van der Waals surface area contributed by atoms with E-state index in [2.05, 4.69) is 0 Å². The summed E-state index contributed by atoms with van der Waals surface area (Å²) in [6.45, 7) is 4.00. The maximum Gasteiger partial charge on any atom is 0.204 e. The van der Waals surface area contributed by atoms with Crippen LogP contribution in [-0.2, 0) is 0 Å². The Labute approximate surface area is 115 Å². The zero-order chi connectivity index (χ0) is 13.3. The SMILES string of the molecule is COc1ccc(C(=O)c2cc(C)c(C)s2)c(Cl)c1. The number of halogens is 1. The third-order valence-corrected chi connectivity index (χ3v) is 4.27. The van der Waals surface area contributed by atoms with Crippen molar-refractivity contribution in [3.05, 3.63) is 50.2 Å². The van der Waals surface area contributed by atoms with E-state index in [-0.39, 0.29) is 5.78 Å². The first-order valence-corrected chi connectivity index (χ1v) is 6.67. The summed E-state index contributed by atoms with van der Waals surface area (Å²) in [4.78, 5) is 14.2. The summed E-state index contributed by atoms with van der Waals surface area (Å²) >= 11 is 7.60. The average molecular weight is 281 g/mol. The molecule has 0 N–H and O–H groups in total. The van der Waals surface area contributed by atoms with Gasteiger partial charge in [0.15, 0.2) is 0 Å². The number of ether oxygens (including phenoxy) is 1. The van der Waals surface area contributed by atoms with Crippen molar-refractivity contribution < 1.29 is 9.53 Å². The molecule has 0 aliphatic heterocycles. The molecule has 4 heteroatoms. The van der Waals surface area contributed by atoms with E-state index in [1.165, 1.54) is 11.3 Å². The normalized spacial score (nSPS) is 10.4. The molecule has 2 nitrogen and oxygen atoms in total. The number of aryl methyl sites for hydroxylation is 2. The Morgan fingerprint density at radius 3 is 2.50 bits per heavy atom. The van der Waals surface area contributed by atoms with Crippen LogP contribution in [0.2, 0.25) is 5.02 Å². The minimum Gasteiger partial charge on any atom is -0.497 e. The molecule has 18 heavy (non-hydrogen) atoms. The molecule has 94 valence electrons. The summed E-state index contributed by atoms with van der Waals surface area (Å²) in [7, 11) is 1.57. The second-order valence-corrected chi connectivity index (χ2v) is 5.69. The molecule has 1 aromatic heterocycles. The van der Waals surface area contributed by atoms with Crippen LogP contribution in [0.25, 0.3) is 0 Å². The van der Waals surface area contributed by atoms with Gasteiger partial charge < -0.3 is 4.74 Å². The molecule has 0 atom stereocenters. The highest BCUT2D eigenvalue weighted by Crippen LogP contribution is 2.28. The number of hydrogen-bond donors (Lipinski definition) is 0. The predicted octanol–water partition coefficient (Wildman–Crippen LogP) is 4.26. The van der Waals surface area contributed by atoms with Gasteiger partial charge in [-0.1, -0.05) is 11.6 Å². The predicted molar refractivity (Wildman–Crippen MR) is 75.2 cm³/mol. The molecule has 0 radical (unpaired) electrons. The number of thiophene rings is 1. The van der Waals surface area contributed by atoms with Crippen molar-refractivity contribution in [1.82, 2.24) is 0 Å². The maximum atomic E-state index is 12.3. The molecule has 0 amide bonds. The molecule has 0 unspecified atom stereocenters. The van der Waals surface area contributed by atoms with Crippen molar-refractivity contribution in [2.24, 2.45) is 0 Å². The highest BCUT2D eigenvalue weighted by atomic mass is 35.5. The first kappa shape index (κ1) is 13.1. The van der Waals surface area contributed by atoms with Crippen molar-refractivity contribution in [3.8, 4) is 5.75 Å². The fraction of sp³-hybridized carbons (Fsp3) is 0.214. The zero-order valence-corrected chi connectivity index (χ0v) is 12.0. The van der Waals surface area contributed by atoms with E-state index in [0.29, 0.717) is 16.3 Å². The molecule has 0 bridgehead atoms. The Balaban J connectivity index is 2.40. The Bertz CT molecular complexity index is 582. The van der Waals surface area contributed by atoms with Gasteiger partial charge in [-0.05, 0) is 43.7 Å². The fourth-order valence-corrected chi connectivity index (χ4v) is 2.87. The van der Waals surface area contributed by atoms with Crippen LogP contribution >= 0.6 is 22.9 Å². The molecular formula is C14H13ClO2S. The van der Waals surface area contributed by atoms with E-state index in [1.54, 1.807) is 25.3 Å². The molecule has 0 fully saturated rings. The van der Waals surface area contributed by atoms with Crippen LogP contribution in [0.1, 0.15) is 25.7 Å². The summed E-state index contributed by atoms with van der Waals surface area (Å²) in [5.41, 5.74) is 1.65. The summed E-state index contributed by atoms with van der Waals surface area (Å²) in [6.07, 6.45) is 0. The fourth-order valence-electron chi connectivity index (χ4n) is 1.62. The number of methoxy groups -OCH3 is 1. The monoisotopic (exact) mass is 280 g/mol. The molecular weight excluding hydrogens is 268 g/mol. The maximum absolute atomic E-state index is 12.3. The van der Waals surface area contributed by atoms with Gasteiger partial charge in [0.2, 0.25) is 5.78 Å². The smallest absolute Gasteiger partial charge is 0.204 e. The van der Waals surface area contributed by atoms with Gasteiger partial charge in [0.05, 0.1) is 17.0 Å². The third kappa shape index (κ3) is 2.42. The zero-order valence-electron chi connectivity index (χ0n) is 10.4. The van der Waals surface area contributed by atoms with Crippen LogP contribution in [0, 0.1) is 13.8 Å². The van der Waals surface area contributed by atoms with Crippen LogP contribution in [0.5, 0.6) is 5.75 Å². The van der Waals surface area contributed by atoms with E-state index < -0.39 is 0 Å². The van der Waals surface area contributed by atoms with E-state index in [9.17, 15) is 4.79 Å². The molecule has 0 aliphatic carbocycles. The van der Waals surface area contributed by atoms with E-state index in [1.807, 2.05) is 19.9 Å². The third-order valence-electron chi connectivity index (χ3n) is 2.81. The Kier molecular flexibility index (Phi) is 3.73. The van der Waals surface area contributed by atoms with Crippen LogP contribution in [0.15, 0.2) is 24.3 Å². The molecule has 1 aromatic carbocycles. The van der Waals surface area contributed by atoms with Gasteiger partial charge in [-0.25, -0.2) is 0 Å². The lowest BCUT2D eigenvalue weighted by Gasteiger charge is -2.04. The van der Waals surface area contributed by atoms with Crippen molar-refractivity contribution in [1.29, 1.82) is 0 Å². The molecule has 2 aromatic rings. The highest BCUT2D eigenvalue weighted by molar-refractivity contribution is 7.14. The highest BCUT2D eigenvalue weighted by Gasteiger charge is 2.16. The Morgan fingerprint density at radius 2 is 2.00 bits per heavy atom. The molecule has 0 aliphatic rings. The molecule has 0 saturated heterocycles. The number of ketones is 1. The summed E-state index contributed by atoms with van der Waals surface area (Å²) in [5.74, 6) is 0.610. The number of hydrogen-bond acceptors (Lipinski definition) is 3. The van der Waals surface area contributed by atoms with Crippen molar-refractivity contribution in [2.45, 2.75) is 13.8 Å². The van der Waals surface area contributed by atoms with Gasteiger partial charge in [-0.15, -0.1) is 11.3 Å². The minimum atomic E-state index is -0.0381. The van der Waals surface area contributed by atoms with Gasteiger partial charge in [-0.3, -0.25) is 4.79 Å². The summed E-state index contributed by atoms with van der Waals surface area (Å²) in [5, 5.41) is 0.419. The largest absolute Gasteiger partial charge is 0.497 e. The van der Waals surface area contributed by atoms with Gasteiger partial charge in [0.1, 0.15) is 5.75 Å². The topological polar surface area (TPSA) is 26.3 Å². The second kappa shape index (κ2) is 5.12. The second-order valence-electron chi connectivity index (χ2n) is 4.02. The number of carbonyl (C=O) groups excluding carboxylic acids is 1. The lowest BCUT2D eigenvalue weighted by Crippen LogP contribution is -1.99. The molecule has 2 rings (SSSR count). The standard InChI is InChI=1S/C14H13ClO2S/c1-8-6-13(18-9(8)2)14(16)11-5-4-10(17-3)7-12(11)15/h4-7H,1-3H3. The lowest BCUT2D eigenvalue weighted by atomic mass is 10.1. The van der Waals surface area contributed by atoms with Crippen molar-refractivity contribution in [2.75, 3.05) is 7.11 Å². The number of rotatable bonds is 3. The number of benzene rings is 1.